The first kappa shape index (κ1) is 25.5. The van der Waals surface area contributed by atoms with E-state index in [1.807, 2.05) is 4.90 Å². The van der Waals surface area contributed by atoms with Crippen LogP contribution in [-0.2, 0) is 31.1 Å². The van der Waals surface area contributed by atoms with Crippen molar-refractivity contribution in [1.82, 2.24) is 15.1 Å². The van der Waals surface area contributed by atoms with Crippen LogP contribution >= 0.6 is 0 Å². The Labute approximate surface area is 217 Å². The highest BCUT2D eigenvalue weighted by Gasteiger charge is 2.58. The molecule has 5 rings (SSSR count). The van der Waals surface area contributed by atoms with E-state index < -0.39 is 17.6 Å². The normalized spacial score (nSPS) is 24.1. The van der Waals surface area contributed by atoms with Gasteiger partial charge < -0.3 is 25.0 Å². The smallest absolute Gasteiger partial charge is 0.418 e. The van der Waals surface area contributed by atoms with E-state index in [9.17, 15) is 19.2 Å². The minimum Gasteiger partial charge on any atom is -0.427 e. The molecule has 1 spiro atoms. The van der Waals surface area contributed by atoms with Crippen LogP contribution in [0.1, 0.15) is 56.6 Å². The molecule has 2 atom stereocenters. The van der Waals surface area contributed by atoms with Crippen LogP contribution in [0.25, 0.3) is 0 Å². The van der Waals surface area contributed by atoms with Crippen molar-refractivity contribution in [2.24, 2.45) is 11.8 Å². The number of ether oxygens (including phenoxy) is 2. The first-order valence-corrected chi connectivity index (χ1v) is 13.4. The fourth-order valence-electron chi connectivity index (χ4n) is 5.90. The van der Waals surface area contributed by atoms with Crippen molar-refractivity contribution in [1.29, 1.82) is 0 Å². The van der Waals surface area contributed by atoms with Gasteiger partial charge in [-0.2, -0.15) is 0 Å². The first-order chi connectivity index (χ1) is 17.8. The Morgan fingerprint density at radius 1 is 1.19 bits per heavy atom. The number of nitrogens with zero attached hydrogens (tertiary/aromatic N) is 2. The van der Waals surface area contributed by atoms with Crippen LogP contribution < -0.4 is 10.6 Å². The SMILES string of the molecule is CNC(=O)Nc1ccc2c(c1)CC[C@@]21OC(=O)N(CC(=O)N(CCC2CCOCC2)C(C)C2CC2)C1=O. The zero-order valence-corrected chi connectivity index (χ0v) is 21.6. The number of amides is 5. The van der Waals surface area contributed by atoms with Crippen molar-refractivity contribution in [3.63, 3.8) is 0 Å². The number of fused-ring (bicyclic) bond motifs is 2. The highest BCUT2D eigenvalue weighted by molar-refractivity contribution is 6.06. The average Bonchev–Trinajstić information content (AvgIpc) is 3.65. The van der Waals surface area contributed by atoms with Crippen LogP contribution in [0.5, 0.6) is 0 Å². The number of anilines is 1. The third-order valence-corrected chi connectivity index (χ3v) is 8.37. The van der Waals surface area contributed by atoms with E-state index >= 15 is 0 Å². The van der Waals surface area contributed by atoms with E-state index in [0.29, 0.717) is 42.5 Å². The lowest BCUT2D eigenvalue weighted by Crippen LogP contribution is -2.48. The molecule has 3 fully saturated rings. The van der Waals surface area contributed by atoms with Crippen LogP contribution in [0.15, 0.2) is 18.2 Å². The molecule has 10 heteroatoms. The lowest BCUT2D eigenvalue weighted by molar-refractivity contribution is -0.143. The van der Waals surface area contributed by atoms with Crippen LogP contribution in [0.2, 0.25) is 0 Å². The number of nitrogens with one attached hydrogen (secondary N) is 2. The number of imide groups is 1. The van der Waals surface area contributed by atoms with Crippen LogP contribution in [0, 0.1) is 11.8 Å². The Bertz CT molecular complexity index is 1080. The summed E-state index contributed by atoms with van der Waals surface area (Å²) >= 11 is 0. The van der Waals surface area contributed by atoms with E-state index in [4.69, 9.17) is 9.47 Å². The quantitative estimate of drug-likeness (QED) is 0.553. The maximum Gasteiger partial charge on any atom is 0.418 e. The summed E-state index contributed by atoms with van der Waals surface area (Å²) in [4.78, 5) is 54.6. The molecule has 1 unspecified atom stereocenters. The van der Waals surface area contributed by atoms with Gasteiger partial charge in [0, 0.05) is 50.5 Å². The molecular weight excluding hydrogens is 476 g/mol. The Morgan fingerprint density at radius 2 is 1.95 bits per heavy atom. The minimum absolute atomic E-state index is 0.0773. The first-order valence-electron chi connectivity index (χ1n) is 13.4. The molecule has 2 heterocycles. The molecule has 10 nitrogen and oxygen atoms in total. The number of carbonyl (C=O) groups is 4. The summed E-state index contributed by atoms with van der Waals surface area (Å²) in [5.41, 5.74) is 0.635. The molecule has 2 N–H and O–H groups in total. The summed E-state index contributed by atoms with van der Waals surface area (Å²) in [6.07, 6.45) is 5.16. The van der Waals surface area contributed by atoms with Crippen molar-refractivity contribution in [3.8, 4) is 0 Å². The number of hydrogen-bond donors (Lipinski definition) is 2. The van der Waals surface area contributed by atoms with Gasteiger partial charge in [-0.1, -0.05) is 6.07 Å². The van der Waals surface area contributed by atoms with Gasteiger partial charge in [0.2, 0.25) is 11.5 Å². The summed E-state index contributed by atoms with van der Waals surface area (Å²) in [5.74, 6) is 0.303. The van der Waals surface area contributed by atoms with Crippen molar-refractivity contribution < 1.29 is 28.7 Å². The summed E-state index contributed by atoms with van der Waals surface area (Å²) in [5, 5.41) is 5.22. The molecule has 2 aliphatic heterocycles. The summed E-state index contributed by atoms with van der Waals surface area (Å²) < 4.78 is 11.2. The van der Waals surface area contributed by atoms with E-state index in [1.165, 1.54) is 7.05 Å². The number of aryl methyl sites for hydroxylation is 1. The van der Waals surface area contributed by atoms with Crippen molar-refractivity contribution in [3.05, 3.63) is 29.3 Å². The molecule has 1 saturated carbocycles. The molecule has 2 saturated heterocycles. The number of urea groups is 1. The zero-order valence-electron chi connectivity index (χ0n) is 21.6. The number of hydrogen-bond acceptors (Lipinski definition) is 6. The molecule has 200 valence electrons. The second-order valence-electron chi connectivity index (χ2n) is 10.7. The van der Waals surface area contributed by atoms with Crippen molar-refractivity contribution in [2.45, 2.75) is 63.5 Å². The number of rotatable bonds is 8. The maximum atomic E-state index is 13.6. The van der Waals surface area contributed by atoms with Crippen LogP contribution in [0.4, 0.5) is 15.3 Å². The number of carbonyl (C=O) groups excluding carboxylic acids is 4. The molecule has 1 aromatic carbocycles. The highest BCUT2D eigenvalue weighted by atomic mass is 16.6. The number of benzene rings is 1. The molecule has 2 aliphatic carbocycles. The molecule has 1 aromatic rings. The molecule has 5 amide bonds. The third kappa shape index (κ3) is 5.03. The monoisotopic (exact) mass is 512 g/mol. The fraction of sp³-hybridized carbons (Fsp3) is 0.630. The van der Waals surface area contributed by atoms with Gasteiger partial charge in [0.05, 0.1) is 0 Å². The second-order valence-corrected chi connectivity index (χ2v) is 10.7. The van der Waals surface area contributed by atoms with Gasteiger partial charge in [0.15, 0.2) is 0 Å². The second kappa shape index (κ2) is 10.3. The average molecular weight is 513 g/mol. The van der Waals surface area contributed by atoms with Crippen molar-refractivity contribution >= 4 is 29.6 Å². The third-order valence-electron chi connectivity index (χ3n) is 8.37. The van der Waals surface area contributed by atoms with Gasteiger partial charge in [0.25, 0.3) is 5.91 Å². The standard InChI is InChI=1S/C27H36N4O6/c1-17(19-3-4-19)30(12-8-18-9-13-36-14-10-18)23(32)16-31-24(33)27(37-26(31)35)11-7-20-15-21(5-6-22(20)27)29-25(34)28-2/h5-6,15,17-19H,3-4,7-14,16H2,1-2H3,(H2,28,29,34)/t17?,27-/m1/s1. The lowest BCUT2D eigenvalue weighted by atomic mass is 9.94. The molecule has 4 aliphatic rings. The molecule has 37 heavy (non-hydrogen) atoms. The summed E-state index contributed by atoms with van der Waals surface area (Å²) in [7, 11) is 1.53. The maximum absolute atomic E-state index is 13.6. The Hall–Kier alpha value is -3.14. The predicted molar refractivity (Wildman–Crippen MR) is 135 cm³/mol. The lowest BCUT2D eigenvalue weighted by Gasteiger charge is -2.32. The van der Waals surface area contributed by atoms with Gasteiger partial charge >= 0.3 is 12.1 Å². The van der Waals surface area contributed by atoms with Gasteiger partial charge in [-0.3, -0.25) is 9.59 Å². The fourth-order valence-corrected chi connectivity index (χ4v) is 5.90. The molecular formula is C27H36N4O6. The van der Waals surface area contributed by atoms with E-state index in [-0.39, 0.29) is 24.5 Å². The minimum atomic E-state index is -1.41. The van der Waals surface area contributed by atoms with Gasteiger partial charge in [0.1, 0.15) is 6.54 Å². The van der Waals surface area contributed by atoms with E-state index in [0.717, 1.165) is 55.8 Å². The Morgan fingerprint density at radius 3 is 2.65 bits per heavy atom. The van der Waals surface area contributed by atoms with Crippen LogP contribution in [0.3, 0.4) is 0 Å². The summed E-state index contributed by atoms with van der Waals surface area (Å²) in [6.45, 7) is 3.90. The van der Waals surface area contributed by atoms with Gasteiger partial charge in [-0.25, -0.2) is 14.5 Å². The molecule has 0 radical (unpaired) electrons. The van der Waals surface area contributed by atoms with Gasteiger partial charge in [-0.05, 0) is 75.0 Å². The predicted octanol–water partition coefficient (Wildman–Crippen LogP) is 3.00. The van der Waals surface area contributed by atoms with Crippen molar-refractivity contribution in [2.75, 3.05) is 38.7 Å². The Balaban J connectivity index is 1.29. The van der Waals surface area contributed by atoms with Gasteiger partial charge in [-0.15, -0.1) is 0 Å². The molecule has 0 aromatic heterocycles. The largest absolute Gasteiger partial charge is 0.427 e. The summed E-state index contributed by atoms with van der Waals surface area (Å²) in [6, 6.07) is 4.94. The molecule has 0 bridgehead atoms. The zero-order chi connectivity index (χ0) is 26.2. The highest BCUT2D eigenvalue weighted by Crippen LogP contribution is 2.46. The van der Waals surface area contributed by atoms with E-state index in [1.54, 1.807) is 18.2 Å². The Kier molecular flexibility index (Phi) is 7.11. The topological polar surface area (TPSA) is 117 Å². The van der Waals surface area contributed by atoms with E-state index in [2.05, 4.69) is 17.6 Å². The van der Waals surface area contributed by atoms with Crippen LogP contribution in [-0.4, -0.2) is 73.1 Å².